The zero-order valence-corrected chi connectivity index (χ0v) is 14.7. The third-order valence-corrected chi connectivity index (χ3v) is 5.68. The number of carbonyl (C=O) groups is 1. The number of hydrogen-bond acceptors (Lipinski definition) is 4. The van der Waals surface area contributed by atoms with Crippen LogP contribution in [-0.4, -0.2) is 77.1 Å². The van der Waals surface area contributed by atoms with E-state index in [9.17, 15) is 4.79 Å². The first kappa shape index (κ1) is 17.4. The van der Waals surface area contributed by atoms with Gasteiger partial charge in [0.05, 0.1) is 6.54 Å². The van der Waals surface area contributed by atoms with E-state index < -0.39 is 5.97 Å². The average Bonchev–Trinajstić information content (AvgIpc) is 2.58. The quantitative estimate of drug-likeness (QED) is 0.891. The van der Waals surface area contributed by atoms with E-state index in [0.29, 0.717) is 0 Å². The van der Waals surface area contributed by atoms with E-state index in [4.69, 9.17) is 5.11 Å². The van der Waals surface area contributed by atoms with Crippen molar-refractivity contribution in [2.45, 2.75) is 31.8 Å². The Hall–Kier alpha value is -1.43. The molecule has 0 aliphatic carbocycles. The van der Waals surface area contributed by atoms with E-state index in [-0.39, 0.29) is 12.1 Å². The molecule has 0 spiro atoms. The van der Waals surface area contributed by atoms with Gasteiger partial charge in [-0.3, -0.25) is 19.5 Å². The van der Waals surface area contributed by atoms with Crippen molar-refractivity contribution in [3.8, 4) is 0 Å². The van der Waals surface area contributed by atoms with E-state index in [1.54, 1.807) is 0 Å². The molecule has 0 aromatic heterocycles. The van der Waals surface area contributed by atoms with Gasteiger partial charge in [-0.2, -0.15) is 0 Å². The van der Waals surface area contributed by atoms with Crippen LogP contribution < -0.4 is 0 Å². The Morgan fingerprint density at radius 1 is 1.00 bits per heavy atom. The van der Waals surface area contributed by atoms with Gasteiger partial charge in [0.25, 0.3) is 0 Å². The molecule has 132 valence electrons. The zero-order valence-electron chi connectivity index (χ0n) is 14.7. The molecule has 1 aromatic carbocycles. The molecule has 0 amide bonds. The minimum atomic E-state index is -0.719. The van der Waals surface area contributed by atoms with E-state index in [0.717, 1.165) is 45.8 Å². The van der Waals surface area contributed by atoms with Crippen LogP contribution in [0.2, 0.25) is 0 Å². The fraction of sp³-hybridized carbons (Fsp3) is 0.632. The summed E-state index contributed by atoms with van der Waals surface area (Å²) in [5.41, 5.74) is 1.66. The summed E-state index contributed by atoms with van der Waals surface area (Å²) in [5.74, 6) is -0.719. The summed E-state index contributed by atoms with van der Waals surface area (Å²) in [5, 5.41) is 8.92. The highest BCUT2D eigenvalue weighted by Crippen LogP contribution is 2.30. The highest BCUT2D eigenvalue weighted by molar-refractivity contribution is 5.69. The topological polar surface area (TPSA) is 47.0 Å². The molecule has 2 aliphatic rings. The first-order valence-corrected chi connectivity index (χ1v) is 9.01. The van der Waals surface area contributed by atoms with Crippen LogP contribution in [0.3, 0.4) is 0 Å². The molecule has 3 rings (SSSR count). The van der Waals surface area contributed by atoms with Crippen LogP contribution in [0.15, 0.2) is 30.3 Å². The molecule has 0 radical (unpaired) electrons. The van der Waals surface area contributed by atoms with Gasteiger partial charge >= 0.3 is 5.97 Å². The van der Waals surface area contributed by atoms with Crippen LogP contribution >= 0.6 is 0 Å². The molecule has 2 aliphatic heterocycles. The van der Waals surface area contributed by atoms with Gasteiger partial charge < -0.3 is 5.11 Å². The molecule has 0 atom stereocenters. The largest absolute Gasteiger partial charge is 0.480 e. The molecule has 0 saturated carbocycles. The predicted octanol–water partition coefficient (Wildman–Crippen LogP) is 1.74. The monoisotopic (exact) mass is 331 g/mol. The van der Waals surface area contributed by atoms with Crippen molar-refractivity contribution in [3.05, 3.63) is 35.9 Å². The van der Waals surface area contributed by atoms with E-state index in [1.807, 2.05) is 4.90 Å². The number of hydrogen-bond donors (Lipinski definition) is 1. The summed E-state index contributed by atoms with van der Waals surface area (Å²) in [4.78, 5) is 18.0. The Morgan fingerprint density at radius 3 is 2.21 bits per heavy atom. The summed E-state index contributed by atoms with van der Waals surface area (Å²) in [6, 6.07) is 10.7. The standard InChI is InChI=1S/C19H29N3O2/c1-19(22-13-11-21(12-14-22)16-18(23)24)7-9-20(10-8-19)15-17-5-3-2-4-6-17/h2-6H,7-16H2,1H3,(H,23,24). The lowest BCUT2D eigenvalue weighted by molar-refractivity contribution is -0.139. The SMILES string of the molecule is CC1(N2CCN(CC(=O)O)CC2)CCN(Cc2ccccc2)CC1. The second-order valence-electron chi connectivity index (χ2n) is 7.42. The number of rotatable bonds is 5. The Bertz CT molecular complexity index is 533. The van der Waals surface area contributed by atoms with Crippen molar-refractivity contribution in [2.24, 2.45) is 0 Å². The van der Waals surface area contributed by atoms with Gasteiger partial charge in [0.1, 0.15) is 0 Å². The number of likely N-dealkylation sites (tertiary alicyclic amines) is 1. The van der Waals surface area contributed by atoms with Gasteiger partial charge in [0.15, 0.2) is 0 Å². The zero-order chi connectivity index (χ0) is 17.0. The lowest BCUT2D eigenvalue weighted by Crippen LogP contribution is -2.59. The van der Waals surface area contributed by atoms with Crippen molar-refractivity contribution in [1.82, 2.24) is 14.7 Å². The Kier molecular flexibility index (Phi) is 5.54. The highest BCUT2D eigenvalue weighted by Gasteiger charge is 2.37. The molecular weight excluding hydrogens is 302 g/mol. The van der Waals surface area contributed by atoms with E-state index >= 15 is 0 Å². The Labute approximate surface area is 144 Å². The maximum absolute atomic E-state index is 10.8. The number of piperazine rings is 1. The first-order chi connectivity index (χ1) is 11.5. The van der Waals surface area contributed by atoms with Gasteiger partial charge in [-0.1, -0.05) is 30.3 Å². The number of piperidine rings is 1. The lowest BCUT2D eigenvalue weighted by atomic mass is 9.87. The molecule has 5 nitrogen and oxygen atoms in total. The van der Waals surface area contributed by atoms with Crippen molar-refractivity contribution in [1.29, 1.82) is 0 Å². The van der Waals surface area contributed by atoms with E-state index in [1.165, 1.54) is 18.4 Å². The molecule has 2 saturated heterocycles. The smallest absolute Gasteiger partial charge is 0.317 e. The summed E-state index contributed by atoms with van der Waals surface area (Å²) in [6.07, 6.45) is 2.39. The second-order valence-corrected chi connectivity index (χ2v) is 7.42. The molecule has 1 aromatic rings. The van der Waals surface area contributed by atoms with Gasteiger partial charge in [-0.25, -0.2) is 0 Å². The third kappa shape index (κ3) is 4.35. The summed E-state index contributed by atoms with van der Waals surface area (Å²) in [6.45, 7) is 9.61. The molecule has 1 N–H and O–H groups in total. The summed E-state index contributed by atoms with van der Waals surface area (Å²) in [7, 11) is 0. The maximum atomic E-state index is 10.8. The van der Waals surface area contributed by atoms with Crippen LogP contribution in [0, 0.1) is 0 Å². The highest BCUT2D eigenvalue weighted by atomic mass is 16.4. The predicted molar refractivity (Wildman–Crippen MR) is 95.0 cm³/mol. The van der Waals surface area contributed by atoms with Gasteiger partial charge in [0, 0.05) is 51.4 Å². The van der Waals surface area contributed by atoms with E-state index in [2.05, 4.69) is 47.1 Å². The number of carboxylic acids is 1. The number of aliphatic carboxylic acids is 1. The lowest BCUT2D eigenvalue weighted by Gasteiger charge is -2.49. The van der Waals surface area contributed by atoms with Crippen molar-refractivity contribution < 1.29 is 9.90 Å². The van der Waals surface area contributed by atoms with Crippen LogP contribution in [-0.2, 0) is 11.3 Å². The molecule has 24 heavy (non-hydrogen) atoms. The third-order valence-electron chi connectivity index (χ3n) is 5.68. The van der Waals surface area contributed by atoms with Gasteiger partial charge in [-0.05, 0) is 25.3 Å². The normalized spacial score (nSPS) is 23.2. The first-order valence-electron chi connectivity index (χ1n) is 9.01. The minimum absolute atomic E-state index is 0.176. The number of carboxylic acid groups (broad SMARTS) is 1. The van der Waals surface area contributed by atoms with Crippen molar-refractivity contribution >= 4 is 5.97 Å². The minimum Gasteiger partial charge on any atom is -0.480 e. The van der Waals surface area contributed by atoms with Crippen LogP contribution in [0.4, 0.5) is 0 Å². The Balaban J connectivity index is 1.47. The molecule has 5 heteroatoms. The van der Waals surface area contributed by atoms with Gasteiger partial charge in [0.2, 0.25) is 0 Å². The molecule has 0 unspecified atom stereocenters. The maximum Gasteiger partial charge on any atom is 0.317 e. The molecule has 0 bridgehead atoms. The second kappa shape index (κ2) is 7.64. The van der Waals surface area contributed by atoms with Gasteiger partial charge in [-0.15, -0.1) is 0 Å². The summed E-state index contributed by atoms with van der Waals surface area (Å²) < 4.78 is 0. The average molecular weight is 331 g/mol. The fourth-order valence-electron chi connectivity index (χ4n) is 3.99. The van der Waals surface area contributed by atoms with Crippen LogP contribution in [0.1, 0.15) is 25.3 Å². The van der Waals surface area contributed by atoms with Crippen molar-refractivity contribution in [3.63, 3.8) is 0 Å². The number of nitrogens with zero attached hydrogens (tertiary/aromatic N) is 3. The Morgan fingerprint density at radius 2 is 1.62 bits per heavy atom. The number of benzene rings is 1. The fourth-order valence-corrected chi connectivity index (χ4v) is 3.99. The molecule has 2 heterocycles. The molecular formula is C19H29N3O2. The summed E-state index contributed by atoms with van der Waals surface area (Å²) >= 11 is 0. The van der Waals surface area contributed by atoms with Crippen molar-refractivity contribution in [2.75, 3.05) is 45.8 Å². The van der Waals surface area contributed by atoms with Crippen LogP contribution in [0.25, 0.3) is 0 Å². The van der Waals surface area contributed by atoms with Crippen LogP contribution in [0.5, 0.6) is 0 Å². The molecule has 2 fully saturated rings.